The number of hydrogen-bond acceptors (Lipinski definition) is 2. The Morgan fingerprint density at radius 2 is 2.10 bits per heavy atom. The molecule has 3 nitrogen and oxygen atoms in total. The number of aryl methyl sites for hydroxylation is 1. The van der Waals surface area contributed by atoms with E-state index in [-0.39, 0.29) is 51.4 Å². The average Bonchev–Trinajstić information content (AvgIpc) is 2.14. The third-order valence-electron chi connectivity index (χ3n) is 1.06. The molecule has 0 aliphatic heterocycles. The predicted molar refractivity (Wildman–Crippen MR) is 34.0 cm³/mol. The van der Waals surface area contributed by atoms with E-state index >= 15 is 0 Å². The van der Waals surface area contributed by atoms with E-state index in [9.17, 15) is 0 Å². The first-order chi connectivity index (χ1) is 4.20. The molecule has 0 spiro atoms. The van der Waals surface area contributed by atoms with Crippen molar-refractivity contribution in [3.8, 4) is 0 Å². The zero-order valence-electron chi connectivity index (χ0n) is 6.92. The number of hydrogen-bond donors (Lipinski definition) is 0. The SMILES string of the molecule is Cc1n[c-]n(C(C)C)n1.[K+]. The van der Waals surface area contributed by atoms with Crippen molar-refractivity contribution in [3.05, 3.63) is 12.2 Å². The average molecular weight is 163 g/mol. The van der Waals surface area contributed by atoms with Crippen LogP contribution in [0.5, 0.6) is 0 Å². The van der Waals surface area contributed by atoms with Gasteiger partial charge in [-0.05, 0) is 26.0 Å². The molecule has 0 saturated carbocycles. The number of aromatic nitrogens is 3. The van der Waals surface area contributed by atoms with E-state index in [1.807, 2.05) is 20.8 Å². The van der Waals surface area contributed by atoms with Gasteiger partial charge >= 0.3 is 51.4 Å². The van der Waals surface area contributed by atoms with Crippen molar-refractivity contribution in [1.82, 2.24) is 14.8 Å². The molecule has 0 N–H and O–H groups in total. The molecule has 1 aromatic heterocycles. The van der Waals surface area contributed by atoms with Crippen LogP contribution < -0.4 is 51.4 Å². The first-order valence-corrected chi connectivity index (χ1v) is 3.01. The summed E-state index contributed by atoms with van der Waals surface area (Å²) in [7, 11) is 0. The van der Waals surface area contributed by atoms with Gasteiger partial charge in [0.1, 0.15) is 0 Å². The zero-order valence-corrected chi connectivity index (χ0v) is 10.0. The quantitative estimate of drug-likeness (QED) is 0.353. The van der Waals surface area contributed by atoms with Crippen LogP contribution in [0.3, 0.4) is 0 Å². The van der Waals surface area contributed by atoms with Crippen molar-refractivity contribution in [2.45, 2.75) is 26.8 Å². The summed E-state index contributed by atoms with van der Waals surface area (Å²) < 4.78 is 1.72. The van der Waals surface area contributed by atoms with Gasteiger partial charge < -0.3 is 9.67 Å². The Balaban J connectivity index is 0.000000810. The summed E-state index contributed by atoms with van der Waals surface area (Å²) in [4.78, 5) is 3.86. The minimum Gasteiger partial charge on any atom is -0.418 e. The molecule has 0 aliphatic rings. The predicted octanol–water partition coefficient (Wildman–Crippen LogP) is -2.03. The van der Waals surface area contributed by atoms with Crippen molar-refractivity contribution in [2.75, 3.05) is 0 Å². The molecule has 1 rings (SSSR count). The van der Waals surface area contributed by atoms with Gasteiger partial charge in [-0.25, -0.2) is 0 Å². The van der Waals surface area contributed by atoms with Gasteiger partial charge in [-0.15, -0.1) is 0 Å². The molecule has 0 amide bonds. The number of nitrogens with zero attached hydrogens (tertiary/aromatic N) is 3. The van der Waals surface area contributed by atoms with E-state index in [0.717, 1.165) is 5.82 Å². The van der Waals surface area contributed by atoms with Gasteiger partial charge in [0.15, 0.2) is 0 Å². The summed E-state index contributed by atoms with van der Waals surface area (Å²) in [6, 6.07) is 0.367. The molecule has 0 aromatic carbocycles. The molecule has 10 heavy (non-hydrogen) atoms. The van der Waals surface area contributed by atoms with E-state index in [2.05, 4.69) is 16.4 Å². The van der Waals surface area contributed by atoms with Gasteiger partial charge in [-0.3, -0.25) is 5.10 Å². The molecule has 0 fully saturated rings. The maximum Gasteiger partial charge on any atom is 1.00 e. The van der Waals surface area contributed by atoms with E-state index < -0.39 is 0 Å². The maximum atomic E-state index is 4.06. The third-order valence-corrected chi connectivity index (χ3v) is 1.06. The summed E-state index contributed by atoms with van der Waals surface area (Å²) in [6.07, 6.45) is 2.76. The van der Waals surface area contributed by atoms with Crippen LogP contribution in [0.15, 0.2) is 0 Å². The Morgan fingerprint density at radius 1 is 1.50 bits per heavy atom. The van der Waals surface area contributed by atoms with Gasteiger partial charge in [-0.1, -0.05) is 6.92 Å². The molecule has 50 valence electrons. The standard InChI is InChI=1S/C6H10N3.K/c1-5(2)9-4-7-6(3)8-9;/h5H,1-3H3;/q-1;+1. The topological polar surface area (TPSA) is 30.7 Å². The van der Waals surface area contributed by atoms with Crippen molar-refractivity contribution < 1.29 is 51.4 Å². The fourth-order valence-corrected chi connectivity index (χ4v) is 0.555. The van der Waals surface area contributed by atoms with Crippen LogP contribution in [0.2, 0.25) is 0 Å². The molecular formula is C6H10KN3. The third kappa shape index (κ3) is 2.80. The van der Waals surface area contributed by atoms with Gasteiger partial charge in [-0.2, -0.15) is 0 Å². The normalized spacial score (nSPS) is 9.60. The van der Waals surface area contributed by atoms with Gasteiger partial charge in [0.25, 0.3) is 0 Å². The van der Waals surface area contributed by atoms with Crippen LogP contribution in [0, 0.1) is 13.3 Å². The van der Waals surface area contributed by atoms with Crippen molar-refractivity contribution in [1.29, 1.82) is 0 Å². The molecule has 1 aromatic rings. The summed E-state index contributed by atoms with van der Waals surface area (Å²) in [6.45, 7) is 5.95. The van der Waals surface area contributed by atoms with Crippen LogP contribution in [0.25, 0.3) is 0 Å². The van der Waals surface area contributed by atoms with Gasteiger partial charge in [0, 0.05) is 6.04 Å². The second-order valence-electron chi connectivity index (χ2n) is 2.30. The number of rotatable bonds is 1. The molecule has 0 aliphatic carbocycles. The van der Waals surface area contributed by atoms with Crippen LogP contribution in [-0.2, 0) is 0 Å². The second kappa shape index (κ2) is 4.61. The van der Waals surface area contributed by atoms with E-state index in [1.165, 1.54) is 0 Å². The van der Waals surface area contributed by atoms with Gasteiger partial charge in [0.2, 0.25) is 0 Å². The van der Waals surface area contributed by atoms with Gasteiger partial charge in [0.05, 0.1) is 0 Å². The molecule has 0 unspecified atom stereocenters. The first kappa shape index (κ1) is 10.8. The smallest absolute Gasteiger partial charge is 0.418 e. The largest absolute Gasteiger partial charge is 1.00 e. The summed E-state index contributed by atoms with van der Waals surface area (Å²) in [5.41, 5.74) is 0. The van der Waals surface area contributed by atoms with Crippen molar-refractivity contribution in [2.24, 2.45) is 0 Å². The maximum absolute atomic E-state index is 4.06. The molecule has 4 heteroatoms. The Kier molecular flexibility index (Phi) is 4.97. The second-order valence-corrected chi connectivity index (χ2v) is 2.30. The van der Waals surface area contributed by atoms with Crippen molar-refractivity contribution in [3.63, 3.8) is 0 Å². The fraction of sp³-hybridized carbons (Fsp3) is 0.667. The summed E-state index contributed by atoms with van der Waals surface area (Å²) in [5, 5.41) is 4.06. The van der Waals surface area contributed by atoms with Crippen LogP contribution in [-0.4, -0.2) is 14.8 Å². The van der Waals surface area contributed by atoms with E-state index in [0.29, 0.717) is 6.04 Å². The van der Waals surface area contributed by atoms with Crippen LogP contribution in [0.1, 0.15) is 25.7 Å². The van der Waals surface area contributed by atoms with Crippen molar-refractivity contribution >= 4 is 0 Å². The Hall–Kier alpha value is 0.776. The fourth-order valence-electron chi connectivity index (χ4n) is 0.555. The van der Waals surface area contributed by atoms with E-state index in [4.69, 9.17) is 0 Å². The minimum atomic E-state index is 0. The first-order valence-electron chi connectivity index (χ1n) is 3.01. The summed E-state index contributed by atoms with van der Waals surface area (Å²) in [5.74, 6) is 0.781. The molecule has 0 radical (unpaired) electrons. The van der Waals surface area contributed by atoms with Crippen LogP contribution >= 0.6 is 0 Å². The molecular weight excluding hydrogens is 153 g/mol. The Morgan fingerprint density at radius 3 is 2.30 bits per heavy atom. The molecule has 0 bridgehead atoms. The zero-order chi connectivity index (χ0) is 6.85. The molecule has 0 atom stereocenters. The Labute approximate surface area is 104 Å². The van der Waals surface area contributed by atoms with Crippen LogP contribution in [0.4, 0.5) is 0 Å². The molecule has 1 heterocycles. The monoisotopic (exact) mass is 163 g/mol. The Bertz CT molecular complexity index is 195. The minimum absolute atomic E-state index is 0. The summed E-state index contributed by atoms with van der Waals surface area (Å²) >= 11 is 0. The van der Waals surface area contributed by atoms with E-state index in [1.54, 1.807) is 4.68 Å². The molecule has 0 saturated heterocycles.